The van der Waals surface area contributed by atoms with Crippen molar-refractivity contribution in [3.63, 3.8) is 0 Å². The number of rotatable bonds is 6. The lowest BCUT2D eigenvalue weighted by molar-refractivity contribution is 0.00766. The van der Waals surface area contributed by atoms with E-state index >= 15 is 0 Å². The fourth-order valence-corrected chi connectivity index (χ4v) is 1.92. The molecule has 1 N–H and O–H groups in total. The number of ether oxygens (including phenoxy) is 1. The highest BCUT2D eigenvalue weighted by Gasteiger charge is 2.23. The largest absolute Gasteiger partial charge is 0.379 e. The molecule has 0 spiro atoms. The third kappa shape index (κ3) is 4.03. The van der Waals surface area contributed by atoms with E-state index in [2.05, 4.69) is 5.32 Å². The fourth-order valence-electron chi connectivity index (χ4n) is 1.92. The smallest absolute Gasteiger partial charge is 0.162 e. The Hall–Kier alpha value is -1.00. The van der Waals surface area contributed by atoms with Crippen LogP contribution in [0.15, 0.2) is 18.2 Å². The summed E-state index contributed by atoms with van der Waals surface area (Å²) in [6, 6.07) is 4.31. The van der Waals surface area contributed by atoms with Crippen molar-refractivity contribution in [1.82, 2.24) is 5.32 Å². The molecule has 0 saturated heterocycles. The van der Waals surface area contributed by atoms with Gasteiger partial charge in [-0.2, -0.15) is 0 Å². The molecule has 0 heterocycles. The summed E-state index contributed by atoms with van der Waals surface area (Å²) in [7, 11) is 3.46. The zero-order chi connectivity index (χ0) is 13.8. The maximum atomic E-state index is 13.6. The van der Waals surface area contributed by atoms with E-state index in [0.29, 0.717) is 12.0 Å². The molecule has 1 aromatic carbocycles. The van der Waals surface area contributed by atoms with Gasteiger partial charge in [-0.1, -0.05) is 12.1 Å². The number of hydrogen-bond acceptors (Lipinski definition) is 2. The molecule has 4 heteroatoms. The second kappa shape index (κ2) is 6.25. The van der Waals surface area contributed by atoms with Crippen molar-refractivity contribution in [1.29, 1.82) is 0 Å². The normalized spacial score (nSPS) is 13.7. The molecule has 1 rings (SSSR count). The molecule has 0 radical (unpaired) electrons. The molecule has 1 unspecified atom stereocenters. The molecule has 0 aliphatic carbocycles. The van der Waals surface area contributed by atoms with Crippen molar-refractivity contribution in [2.24, 2.45) is 0 Å². The molecule has 0 bridgehead atoms. The van der Waals surface area contributed by atoms with Gasteiger partial charge in [0, 0.05) is 13.2 Å². The Morgan fingerprint density at radius 1 is 1.33 bits per heavy atom. The van der Waals surface area contributed by atoms with Gasteiger partial charge in [-0.3, -0.25) is 0 Å². The van der Waals surface area contributed by atoms with Gasteiger partial charge in [0.1, 0.15) is 0 Å². The monoisotopic (exact) mass is 257 g/mol. The molecule has 0 fully saturated rings. The van der Waals surface area contributed by atoms with Gasteiger partial charge in [-0.25, -0.2) is 8.78 Å². The molecule has 0 aliphatic heterocycles. The van der Waals surface area contributed by atoms with E-state index in [1.54, 1.807) is 13.2 Å². The Labute approximate surface area is 107 Å². The summed E-state index contributed by atoms with van der Waals surface area (Å²) in [6.45, 7) is 3.94. The Kier molecular flexibility index (Phi) is 5.23. The highest BCUT2D eigenvalue weighted by molar-refractivity contribution is 5.20. The van der Waals surface area contributed by atoms with Gasteiger partial charge < -0.3 is 10.1 Å². The first-order valence-corrected chi connectivity index (χ1v) is 6.05. The zero-order valence-electron chi connectivity index (χ0n) is 11.4. The second-order valence-electron chi connectivity index (χ2n) is 5.07. The first-order valence-electron chi connectivity index (χ1n) is 6.05. The van der Waals surface area contributed by atoms with Crippen LogP contribution in [0.3, 0.4) is 0 Å². The van der Waals surface area contributed by atoms with Gasteiger partial charge >= 0.3 is 0 Å². The molecule has 1 aromatic rings. The summed E-state index contributed by atoms with van der Waals surface area (Å²) in [5.74, 6) is -1.55. The van der Waals surface area contributed by atoms with E-state index in [1.807, 2.05) is 20.9 Å². The van der Waals surface area contributed by atoms with E-state index < -0.39 is 11.6 Å². The van der Waals surface area contributed by atoms with Crippen LogP contribution in [0.25, 0.3) is 0 Å². The van der Waals surface area contributed by atoms with Crippen molar-refractivity contribution >= 4 is 0 Å². The molecular weight excluding hydrogens is 236 g/mol. The van der Waals surface area contributed by atoms with E-state index in [1.165, 1.54) is 6.07 Å². The van der Waals surface area contributed by atoms with Crippen molar-refractivity contribution in [3.05, 3.63) is 35.4 Å². The lowest BCUT2D eigenvalue weighted by atomic mass is 9.94. The minimum Gasteiger partial charge on any atom is -0.379 e. The first kappa shape index (κ1) is 15.1. The average Bonchev–Trinajstić information content (AvgIpc) is 2.33. The number of hydrogen-bond donors (Lipinski definition) is 1. The summed E-state index contributed by atoms with van der Waals surface area (Å²) >= 11 is 0. The molecule has 0 aromatic heterocycles. The van der Waals surface area contributed by atoms with Gasteiger partial charge in [0.2, 0.25) is 0 Å². The SMILES string of the molecule is CNC(Cc1cccc(F)c1F)CC(C)(C)OC. The Bertz CT molecular complexity index is 393. The number of methoxy groups -OCH3 is 1. The predicted octanol–water partition coefficient (Wildman–Crippen LogP) is 2.91. The van der Waals surface area contributed by atoms with Crippen LogP contribution >= 0.6 is 0 Å². The first-order chi connectivity index (χ1) is 8.39. The fraction of sp³-hybridized carbons (Fsp3) is 0.571. The predicted molar refractivity (Wildman–Crippen MR) is 68.6 cm³/mol. The Morgan fingerprint density at radius 2 is 2.00 bits per heavy atom. The quantitative estimate of drug-likeness (QED) is 0.846. The topological polar surface area (TPSA) is 21.3 Å². The van der Waals surface area contributed by atoms with E-state index in [-0.39, 0.29) is 11.6 Å². The lowest BCUT2D eigenvalue weighted by Gasteiger charge is -2.28. The van der Waals surface area contributed by atoms with Gasteiger partial charge in [0.25, 0.3) is 0 Å². The highest BCUT2D eigenvalue weighted by atomic mass is 19.2. The van der Waals surface area contributed by atoms with Crippen LogP contribution in [0.1, 0.15) is 25.8 Å². The van der Waals surface area contributed by atoms with Gasteiger partial charge in [0.05, 0.1) is 5.60 Å². The van der Waals surface area contributed by atoms with Crippen LogP contribution < -0.4 is 5.32 Å². The number of nitrogens with one attached hydrogen (secondary N) is 1. The van der Waals surface area contributed by atoms with Gasteiger partial charge in [-0.05, 0) is 45.4 Å². The Balaban J connectivity index is 2.77. The molecule has 0 saturated carbocycles. The van der Waals surface area contributed by atoms with Crippen molar-refractivity contribution < 1.29 is 13.5 Å². The van der Waals surface area contributed by atoms with Crippen molar-refractivity contribution in [3.8, 4) is 0 Å². The zero-order valence-corrected chi connectivity index (χ0v) is 11.4. The van der Waals surface area contributed by atoms with Crippen LogP contribution in [0.4, 0.5) is 8.78 Å². The van der Waals surface area contributed by atoms with Crippen LogP contribution in [-0.4, -0.2) is 25.8 Å². The van der Waals surface area contributed by atoms with Crippen molar-refractivity contribution in [2.45, 2.75) is 38.3 Å². The van der Waals surface area contributed by atoms with E-state index in [9.17, 15) is 8.78 Å². The molecular formula is C14H21F2NO. The molecule has 102 valence electrons. The summed E-state index contributed by atoms with van der Waals surface area (Å²) < 4.78 is 32.1. The lowest BCUT2D eigenvalue weighted by Crippen LogP contribution is -2.37. The summed E-state index contributed by atoms with van der Waals surface area (Å²) in [6.07, 6.45) is 1.16. The van der Waals surface area contributed by atoms with Crippen LogP contribution in [0, 0.1) is 11.6 Å². The summed E-state index contributed by atoms with van der Waals surface area (Å²) in [4.78, 5) is 0. The standard InChI is InChI=1S/C14H21F2NO/c1-14(2,18-4)9-11(17-3)8-10-6-5-7-12(15)13(10)16/h5-7,11,17H,8-9H2,1-4H3. The van der Waals surface area contributed by atoms with Gasteiger partial charge in [-0.15, -0.1) is 0 Å². The van der Waals surface area contributed by atoms with Crippen LogP contribution in [0.5, 0.6) is 0 Å². The number of likely N-dealkylation sites (N-methyl/N-ethyl adjacent to an activating group) is 1. The molecule has 0 aliphatic rings. The molecule has 0 amide bonds. The van der Waals surface area contributed by atoms with E-state index in [0.717, 1.165) is 12.5 Å². The summed E-state index contributed by atoms with van der Waals surface area (Å²) in [5, 5.41) is 3.12. The summed E-state index contributed by atoms with van der Waals surface area (Å²) in [5.41, 5.74) is 0.0959. The average molecular weight is 257 g/mol. The number of halogens is 2. The van der Waals surface area contributed by atoms with Gasteiger partial charge in [0.15, 0.2) is 11.6 Å². The molecule has 1 atom stereocenters. The maximum Gasteiger partial charge on any atom is 0.162 e. The second-order valence-corrected chi connectivity index (χ2v) is 5.07. The van der Waals surface area contributed by atoms with Crippen molar-refractivity contribution in [2.75, 3.05) is 14.2 Å². The third-order valence-corrected chi connectivity index (χ3v) is 3.20. The maximum absolute atomic E-state index is 13.6. The third-order valence-electron chi connectivity index (χ3n) is 3.20. The highest BCUT2D eigenvalue weighted by Crippen LogP contribution is 2.20. The molecule has 2 nitrogen and oxygen atoms in total. The van der Waals surface area contributed by atoms with Crippen LogP contribution in [-0.2, 0) is 11.2 Å². The van der Waals surface area contributed by atoms with Crippen LogP contribution in [0.2, 0.25) is 0 Å². The minimum absolute atomic E-state index is 0.0382. The number of benzene rings is 1. The molecule has 18 heavy (non-hydrogen) atoms. The van der Waals surface area contributed by atoms with E-state index in [4.69, 9.17) is 4.74 Å². The minimum atomic E-state index is -0.798. The Morgan fingerprint density at radius 3 is 2.56 bits per heavy atom.